The predicted octanol–water partition coefficient (Wildman–Crippen LogP) is 4.72. The van der Waals surface area contributed by atoms with Gasteiger partial charge in [0.15, 0.2) is 5.69 Å². The summed E-state index contributed by atoms with van der Waals surface area (Å²) in [5, 5.41) is 1.37. The molecule has 0 unspecified atom stereocenters. The van der Waals surface area contributed by atoms with Crippen LogP contribution in [0.25, 0.3) is 5.69 Å². The molecular formula is C25H29N3O2Si. The van der Waals surface area contributed by atoms with Crippen LogP contribution in [0, 0.1) is 0 Å². The van der Waals surface area contributed by atoms with E-state index in [1.165, 1.54) is 5.19 Å². The van der Waals surface area contributed by atoms with Gasteiger partial charge >= 0.3 is 5.97 Å². The van der Waals surface area contributed by atoms with E-state index in [2.05, 4.69) is 55.0 Å². The van der Waals surface area contributed by atoms with Crippen LogP contribution in [0.3, 0.4) is 0 Å². The molecule has 0 N–H and O–H groups in total. The molecule has 0 atom stereocenters. The zero-order valence-electron chi connectivity index (χ0n) is 19.1. The van der Waals surface area contributed by atoms with Crippen molar-refractivity contribution in [1.29, 1.82) is 0 Å². The van der Waals surface area contributed by atoms with E-state index in [-0.39, 0.29) is 0 Å². The first kappa shape index (κ1) is 21.2. The topological polar surface area (TPSA) is 56.5 Å². The van der Waals surface area contributed by atoms with Crippen molar-refractivity contribution in [3.05, 3.63) is 77.4 Å². The molecule has 0 aliphatic carbocycles. The van der Waals surface area contributed by atoms with Gasteiger partial charge in [-0.1, -0.05) is 67.3 Å². The molecule has 2 aromatic carbocycles. The summed E-state index contributed by atoms with van der Waals surface area (Å²) in [4.78, 5) is 22.2. The van der Waals surface area contributed by atoms with Crippen molar-refractivity contribution in [2.75, 3.05) is 0 Å². The van der Waals surface area contributed by atoms with Crippen molar-refractivity contribution in [3.63, 3.8) is 0 Å². The van der Waals surface area contributed by atoms with Crippen LogP contribution in [0.15, 0.2) is 59.9 Å². The Hall–Kier alpha value is -2.99. The Kier molecular flexibility index (Phi) is 5.21. The minimum atomic E-state index is -1.52. The number of rotatable bonds is 3. The monoisotopic (exact) mass is 431 g/mol. The number of fused-ring (bicyclic) bond motifs is 3. The fourth-order valence-corrected chi connectivity index (χ4v) is 4.87. The van der Waals surface area contributed by atoms with Gasteiger partial charge in [0.1, 0.15) is 11.9 Å². The quantitative estimate of drug-likeness (QED) is 0.445. The first-order valence-electron chi connectivity index (χ1n) is 10.6. The second kappa shape index (κ2) is 7.61. The summed E-state index contributed by atoms with van der Waals surface area (Å²) < 4.78 is 7.58. The number of carbonyl (C=O) groups excluding carboxylic acids is 1. The molecule has 0 saturated carbocycles. The molecule has 6 heteroatoms. The number of aromatic nitrogens is 2. The molecule has 5 nitrogen and oxygen atoms in total. The van der Waals surface area contributed by atoms with Crippen LogP contribution in [0.5, 0.6) is 0 Å². The molecule has 1 aliphatic heterocycles. The first-order chi connectivity index (χ1) is 14.5. The maximum absolute atomic E-state index is 12.8. The fourth-order valence-electron chi connectivity index (χ4n) is 3.71. The number of carbonyl (C=O) groups is 1. The van der Waals surface area contributed by atoms with Gasteiger partial charge in [-0.15, -0.1) is 0 Å². The van der Waals surface area contributed by atoms with Crippen molar-refractivity contribution in [2.45, 2.75) is 52.6 Å². The van der Waals surface area contributed by atoms with Gasteiger partial charge in [0.25, 0.3) is 0 Å². The van der Waals surface area contributed by atoms with Gasteiger partial charge in [-0.3, -0.25) is 9.56 Å². The van der Waals surface area contributed by atoms with E-state index >= 15 is 0 Å². The molecule has 2 heterocycles. The van der Waals surface area contributed by atoms with E-state index in [4.69, 9.17) is 9.73 Å². The molecule has 3 aromatic rings. The highest BCUT2D eigenvalue weighted by molar-refractivity contribution is 6.88. The average molecular weight is 432 g/mol. The lowest BCUT2D eigenvalue weighted by Gasteiger charge is -2.20. The summed E-state index contributed by atoms with van der Waals surface area (Å²) in [7, 11) is -1.52. The maximum atomic E-state index is 12.8. The number of ether oxygens (including phenoxy) is 1. The molecule has 1 aliphatic rings. The minimum absolute atomic E-state index is 0.327. The van der Waals surface area contributed by atoms with E-state index in [1.54, 1.807) is 6.33 Å². The zero-order valence-corrected chi connectivity index (χ0v) is 20.1. The van der Waals surface area contributed by atoms with Gasteiger partial charge in [-0.2, -0.15) is 0 Å². The Morgan fingerprint density at radius 2 is 1.77 bits per heavy atom. The van der Waals surface area contributed by atoms with Crippen molar-refractivity contribution >= 4 is 24.9 Å². The van der Waals surface area contributed by atoms with Crippen LogP contribution in [0.1, 0.15) is 48.1 Å². The number of imidazole rings is 1. The Balaban J connectivity index is 1.91. The smallest absolute Gasteiger partial charge is 0.359 e. The largest absolute Gasteiger partial charge is 0.455 e. The number of hydrogen-bond acceptors (Lipinski definition) is 4. The molecule has 0 fully saturated rings. The average Bonchev–Trinajstić information content (AvgIpc) is 3.04. The summed E-state index contributed by atoms with van der Waals surface area (Å²) >= 11 is 0. The summed E-state index contributed by atoms with van der Waals surface area (Å²) in [6.45, 7) is 13.0. The number of esters is 1. The lowest BCUT2D eigenvalue weighted by Crippen LogP contribution is -2.38. The van der Waals surface area contributed by atoms with E-state index in [1.807, 2.05) is 43.5 Å². The molecule has 0 spiro atoms. The van der Waals surface area contributed by atoms with Crippen LogP contribution >= 0.6 is 0 Å². The van der Waals surface area contributed by atoms with Gasteiger partial charge < -0.3 is 4.74 Å². The zero-order chi connectivity index (χ0) is 22.4. The van der Waals surface area contributed by atoms with Crippen molar-refractivity contribution < 1.29 is 9.53 Å². The highest BCUT2D eigenvalue weighted by Gasteiger charge is 2.28. The highest BCUT2D eigenvalue weighted by Crippen LogP contribution is 2.27. The van der Waals surface area contributed by atoms with E-state index in [0.717, 1.165) is 28.2 Å². The SMILES string of the molecule is CC(C)(C)OC(=O)c1ncn2c1CN=C(c1ccccc1)c1cc([Si](C)(C)C)ccc1-2. The number of benzene rings is 2. The van der Waals surface area contributed by atoms with Crippen LogP contribution in [0.4, 0.5) is 0 Å². The summed E-state index contributed by atoms with van der Waals surface area (Å²) in [5.74, 6) is -0.417. The molecular weight excluding hydrogens is 402 g/mol. The van der Waals surface area contributed by atoms with E-state index < -0.39 is 19.6 Å². The summed E-state index contributed by atoms with van der Waals surface area (Å²) in [5.41, 5.74) is 4.55. The molecule has 1 aromatic heterocycles. The second-order valence-electron chi connectivity index (χ2n) is 9.92. The summed E-state index contributed by atoms with van der Waals surface area (Å²) in [6, 6.07) is 16.8. The van der Waals surface area contributed by atoms with Crippen molar-refractivity contribution in [2.24, 2.45) is 4.99 Å². The van der Waals surface area contributed by atoms with Gasteiger partial charge in [0.2, 0.25) is 0 Å². The lowest BCUT2D eigenvalue weighted by atomic mass is 10.0. The third-order valence-corrected chi connectivity index (χ3v) is 7.31. The van der Waals surface area contributed by atoms with Gasteiger partial charge in [0, 0.05) is 11.1 Å². The fraction of sp³-hybridized carbons (Fsp3) is 0.320. The Morgan fingerprint density at radius 1 is 1.06 bits per heavy atom. The van der Waals surface area contributed by atoms with Crippen LogP contribution in [-0.4, -0.2) is 34.9 Å². The van der Waals surface area contributed by atoms with Crippen molar-refractivity contribution in [1.82, 2.24) is 9.55 Å². The third-order valence-electron chi connectivity index (χ3n) is 5.27. The minimum Gasteiger partial charge on any atom is -0.455 e. The molecule has 31 heavy (non-hydrogen) atoms. The molecule has 0 amide bonds. The Morgan fingerprint density at radius 3 is 2.42 bits per heavy atom. The normalized spacial score (nSPS) is 13.7. The van der Waals surface area contributed by atoms with Crippen LogP contribution in [-0.2, 0) is 11.3 Å². The third kappa shape index (κ3) is 4.25. The van der Waals surface area contributed by atoms with Crippen molar-refractivity contribution in [3.8, 4) is 5.69 Å². The second-order valence-corrected chi connectivity index (χ2v) is 15.0. The Bertz CT molecular complexity index is 1170. The predicted molar refractivity (Wildman–Crippen MR) is 127 cm³/mol. The molecule has 4 rings (SSSR count). The molecule has 0 saturated heterocycles. The van der Waals surface area contributed by atoms with E-state index in [0.29, 0.717) is 12.2 Å². The standard InChI is InChI=1S/C25H29N3O2Si/c1-25(2,3)30-24(29)23-21-15-26-22(17-10-8-7-9-11-17)19-14-18(31(4,5)6)12-13-20(19)28(21)16-27-23/h7-14,16H,15H2,1-6H3. The molecule has 0 radical (unpaired) electrons. The summed E-state index contributed by atoms with van der Waals surface area (Å²) in [6.07, 6.45) is 1.71. The highest BCUT2D eigenvalue weighted by atomic mass is 28.3. The van der Waals surface area contributed by atoms with Gasteiger partial charge in [-0.05, 0) is 26.8 Å². The first-order valence-corrected chi connectivity index (χ1v) is 14.1. The molecule has 160 valence electrons. The molecule has 0 bridgehead atoms. The van der Waals surface area contributed by atoms with Crippen LogP contribution < -0.4 is 5.19 Å². The van der Waals surface area contributed by atoms with Gasteiger partial charge in [0.05, 0.1) is 31.7 Å². The van der Waals surface area contributed by atoms with E-state index in [9.17, 15) is 4.79 Å². The van der Waals surface area contributed by atoms with Gasteiger partial charge in [-0.25, -0.2) is 9.78 Å². The number of hydrogen-bond donors (Lipinski definition) is 0. The lowest BCUT2D eigenvalue weighted by molar-refractivity contribution is 0.00621. The number of aliphatic imine (C=N–C) groups is 1. The number of nitrogens with zero attached hydrogens (tertiary/aromatic N) is 3. The Labute approximate surface area is 184 Å². The van der Waals surface area contributed by atoms with Crippen LogP contribution in [0.2, 0.25) is 19.6 Å². The maximum Gasteiger partial charge on any atom is 0.359 e.